The Labute approximate surface area is 91.8 Å². The minimum atomic E-state index is -0.00530. The number of amides is 1. The van der Waals surface area contributed by atoms with Gasteiger partial charge in [0.05, 0.1) is 6.10 Å². The minimum absolute atomic E-state index is 0.00530. The molecular formula is C11H22N2O2. The second-order valence-electron chi connectivity index (χ2n) is 4.48. The number of nitrogens with one attached hydrogen (secondary N) is 2. The van der Waals surface area contributed by atoms with Gasteiger partial charge in [0.1, 0.15) is 6.61 Å². The van der Waals surface area contributed by atoms with Gasteiger partial charge in [0.15, 0.2) is 0 Å². The molecule has 0 aromatic rings. The van der Waals surface area contributed by atoms with Crippen molar-refractivity contribution in [3.8, 4) is 0 Å². The number of hydrogen-bond donors (Lipinski definition) is 2. The Morgan fingerprint density at radius 3 is 3.00 bits per heavy atom. The molecule has 0 spiro atoms. The van der Waals surface area contributed by atoms with Crippen molar-refractivity contribution in [2.45, 2.75) is 32.8 Å². The van der Waals surface area contributed by atoms with E-state index in [0.717, 1.165) is 32.5 Å². The van der Waals surface area contributed by atoms with Crippen LogP contribution in [0.5, 0.6) is 0 Å². The number of piperidine rings is 1. The molecule has 1 rings (SSSR count). The van der Waals surface area contributed by atoms with Gasteiger partial charge >= 0.3 is 0 Å². The van der Waals surface area contributed by atoms with Crippen molar-refractivity contribution in [1.82, 2.24) is 10.6 Å². The SMILES string of the molecule is CC(C)CNC(=O)CO[C@H]1CCCNC1. The Morgan fingerprint density at radius 1 is 1.60 bits per heavy atom. The lowest BCUT2D eigenvalue weighted by molar-refractivity contribution is -0.128. The standard InChI is InChI=1S/C11H22N2O2/c1-9(2)6-13-11(14)8-15-10-4-3-5-12-7-10/h9-10,12H,3-8H2,1-2H3,(H,13,14)/t10-/m0/s1. The average molecular weight is 214 g/mol. The van der Waals surface area contributed by atoms with Gasteiger partial charge < -0.3 is 15.4 Å². The first-order chi connectivity index (χ1) is 7.18. The van der Waals surface area contributed by atoms with E-state index in [1.165, 1.54) is 0 Å². The Hall–Kier alpha value is -0.610. The van der Waals surface area contributed by atoms with Crippen LogP contribution in [0, 0.1) is 5.92 Å². The van der Waals surface area contributed by atoms with Crippen LogP contribution in [-0.2, 0) is 9.53 Å². The minimum Gasteiger partial charge on any atom is -0.367 e. The summed E-state index contributed by atoms with van der Waals surface area (Å²) in [5.41, 5.74) is 0. The van der Waals surface area contributed by atoms with Gasteiger partial charge in [-0.2, -0.15) is 0 Å². The van der Waals surface area contributed by atoms with E-state index in [9.17, 15) is 4.79 Å². The van der Waals surface area contributed by atoms with E-state index in [0.29, 0.717) is 5.92 Å². The highest BCUT2D eigenvalue weighted by atomic mass is 16.5. The molecule has 0 unspecified atom stereocenters. The first-order valence-electron chi connectivity index (χ1n) is 5.77. The molecule has 1 heterocycles. The topological polar surface area (TPSA) is 50.4 Å². The Bertz CT molecular complexity index is 189. The second kappa shape index (κ2) is 6.80. The van der Waals surface area contributed by atoms with Gasteiger partial charge in [0.25, 0.3) is 0 Å². The maximum absolute atomic E-state index is 11.3. The average Bonchev–Trinajstić information content (AvgIpc) is 2.25. The molecule has 15 heavy (non-hydrogen) atoms. The summed E-state index contributed by atoms with van der Waals surface area (Å²) in [4.78, 5) is 11.3. The van der Waals surface area contributed by atoms with Crippen molar-refractivity contribution in [2.75, 3.05) is 26.2 Å². The third-order valence-electron chi connectivity index (χ3n) is 2.41. The summed E-state index contributed by atoms with van der Waals surface area (Å²) < 4.78 is 5.50. The highest BCUT2D eigenvalue weighted by Gasteiger charge is 2.14. The molecule has 4 heteroatoms. The van der Waals surface area contributed by atoms with Gasteiger partial charge in [-0.15, -0.1) is 0 Å². The lowest BCUT2D eigenvalue weighted by atomic mass is 10.1. The maximum Gasteiger partial charge on any atom is 0.246 e. The summed E-state index contributed by atoms with van der Waals surface area (Å²) in [6.07, 6.45) is 2.41. The van der Waals surface area contributed by atoms with Crippen LogP contribution in [0.3, 0.4) is 0 Å². The van der Waals surface area contributed by atoms with Gasteiger partial charge in [0, 0.05) is 13.1 Å². The van der Waals surface area contributed by atoms with Gasteiger partial charge in [-0.3, -0.25) is 4.79 Å². The predicted octanol–water partition coefficient (Wildman–Crippen LogP) is 0.527. The van der Waals surface area contributed by atoms with Crippen molar-refractivity contribution in [3.63, 3.8) is 0 Å². The van der Waals surface area contributed by atoms with Crippen LogP contribution in [-0.4, -0.2) is 38.3 Å². The van der Waals surface area contributed by atoms with Gasteiger partial charge in [-0.1, -0.05) is 13.8 Å². The molecule has 1 saturated heterocycles. The van der Waals surface area contributed by atoms with E-state index in [-0.39, 0.29) is 18.6 Å². The molecule has 1 aliphatic heterocycles. The molecule has 0 aromatic carbocycles. The van der Waals surface area contributed by atoms with E-state index < -0.39 is 0 Å². The van der Waals surface area contributed by atoms with E-state index in [2.05, 4.69) is 24.5 Å². The van der Waals surface area contributed by atoms with E-state index in [4.69, 9.17) is 4.74 Å². The summed E-state index contributed by atoms with van der Waals surface area (Å²) in [7, 11) is 0. The zero-order valence-electron chi connectivity index (χ0n) is 9.71. The second-order valence-corrected chi connectivity index (χ2v) is 4.48. The van der Waals surface area contributed by atoms with E-state index in [1.54, 1.807) is 0 Å². The van der Waals surface area contributed by atoms with Gasteiger partial charge in [0.2, 0.25) is 5.91 Å². The molecule has 2 N–H and O–H groups in total. The van der Waals surface area contributed by atoms with Crippen molar-refractivity contribution >= 4 is 5.91 Å². The maximum atomic E-state index is 11.3. The van der Waals surface area contributed by atoms with Crippen molar-refractivity contribution in [2.24, 2.45) is 5.92 Å². The Kier molecular flexibility index (Phi) is 5.65. The number of carbonyl (C=O) groups is 1. The summed E-state index contributed by atoms with van der Waals surface area (Å²) in [6, 6.07) is 0. The third-order valence-corrected chi connectivity index (χ3v) is 2.41. The molecule has 0 aromatic heterocycles. The summed E-state index contributed by atoms with van der Waals surface area (Å²) in [5, 5.41) is 6.09. The van der Waals surface area contributed by atoms with E-state index >= 15 is 0 Å². The van der Waals surface area contributed by atoms with Crippen LogP contribution in [0.25, 0.3) is 0 Å². The van der Waals surface area contributed by atoms with Crippen LogP contribution >= 0.6 is 0 Å². The molecule has 88 valence electrons. The highest BCUT2D eigenvalue weighted by Crippen LogP contribution is 2.05. The van der Waals surface area contributed by atoms with Crippen molar-refractivity contribution in [1.29, 1.82) is 0 Å². The van der Waals surface area contributed by atoms with Crippen LogP contribution in [0.4, 0.5) is 0 Å². The summed E-state index contributed by atoms with van der Waals surface area (Å²) in [6.45, 7) is 7.01. The fourth-order valence-electron chi connectivity index (χ4n) is 1.52. The van der Waals surface area contributed by atoms with Crippen LogP contribution < -0.4 is 10.6 Å². The molecular weight excluding hydrogens is 192 g/mol. The molecule has 0 radical (unpaired) electrons. The monoisotopic (exact) mass is 214 g/mol. The normalized spacial score (nSPS) is 21.7. The Morgan fingerprint density at radius 2 is 2.40 bits per heavy atom. The fraction of sp³-hybridized carbons (Fsp3) is 0.909. The van der Waals surface area contributed by atoms with Crippen LogP contribution in [0.2, 0.25) is 0 Å². The summed E-state index contributed by atoms with van der Waals surface area (Å²) >= 11 is 0. The molecule has 1 aliphatic rings. The smallest absolute Gasteiger partial charge is 0.246 e. The predicted molar refractivity (Wildman–Crippen MR) is 59.7 cm³/mol. The third kappa shape index (κ3) is 5.74. The molecule has 1 atom stereocenters. The molecule has 4 nitrogen and oxygen atoms in total. The van der Waals surface area contributed by atoms with Gasteiger partial charge in [-0.05, 0) is 25.3 Å². The number of ether oxygens (including phenoxy) is 1. The molecule has 0 bridgehead atoms. The van der Waals surface area contributed by atoms with Crippen molar-refractivity contribution < 1.29 is 9.53 Å². The highest BCUT2D eigenvalue weighted by molar-refractivity contribution is 5.77. The molecule has 0 saturated carbocycles. The fourth-order valence-corrected chi connectivity index (χ4v) is 1.52. The lowest BCUT2D eigenvalue weighted by Gasteiger charge is -2.22. The zero-order chi connectivity index (χ0) is 11.1. The zero-order valence-corrected chi connectivity index (χ0v) is 9.71. The summed E-state index contributed by atoms with van der Waals surface area (Å²) in [5.74, 6) is 0.486. The van der Waals surface area contributed by atoms with Gasteiger partial charge in [-0.25, -0.2) is 0 Å². The number of rotatable bonds is 5. The number of hydrogen-bond acceptors (Lipinski definition) is 3. The van der Waals surface area contributed by atoms with Crippen LogP contribution in [0.15, 0.2) is 0 Å². The van der Waals surface area contributed by atoms with E-state index in [1.807, 2.05) is 0 Å². The largest absolute Gasteiger partial charge is 0.367 e. The van der Waals surface area contributed by atoms with Crippen LogP contribution in [0.1, 0.15) is 26.7 Å². The van der Waals surface area contributed by atoms with Crippen molar-refractivity contribution in [3.05, 3.63) is 0 Å². The quantitative estimate of drug-likeness (QED) is 0.702. The first-order valence-corrected chi connectivity index (χ1v) is 5.77. The molecule has 1 fully saturated rings. The molecule has 1 amide bonds. The first kappa shape index (κ1) is 12.5. The lowest BCUT2D eigenvalue weighted by Crippen LogP contribution is -2.38. The molecule has 0 aliphatic carbocycles. The number of carbonyl (C=O) groups excluding carboxylic acids is 1. The Balaban J connectivity index is 2.05.